The van der Waals surface area contributed by atoms with Crippen LogP contribution in [-0.4, -0.2) is 33.5 Å². The van der Waals surface area contributed by atoms with Crippen molar-refractivity contribution in [1.82, 2.24) is 20.4 Å². The molecule has 0 spiro atoms. The Bertz CT molecular complexity index is 310. The van der Waals surface area contributed by atoms with Gasteiger partial charge in [0.15, 0.2) is 0 Å². The van der Waals surface area contributed by atoms with E-state index < -0.39 is 0 Å². The lowest BCUT2D eigenvalue weighted by atomic mass is 10.5. The van der Waals surface area contributed by atoms with E-state index in [0.29, 0.717) is 0 Å². The first-order valence-corrected chi connectivity index (χ1v) is 4.41. The lowest BCUT2D eigenvalue weighted by Crippen LogP contribution is -2.13. The highest BCUT2D eigenvalue weighted by atomic mass is 35.5. The van der Waals surface area contributed by atoms with Crippen molar-refractivity contribution < 1.29 is 0 Å². The number of rotatable bonds is 5. The zero-order chi connectivity index (χ0) is 9.64. The Morgan fingerprint density at radius 1 is 0.875 bits per heavy atom. The van der Waals surface area contributed by atoms with Gasteiger partial charge in [0.1, 0.15) is 11.6 Å². The Labute approximate surface area is 105 Å². The Hall–Kier alpha value is -1.40. The first kappa shape index (κ1) is 14.6. The zero-order valence-corrected chi connectivity index (χ0v) is 10.1. The lowest BCUT2D eigenvalue weighted by Gasteiger charge is -2.04. The summed E-state index contributed by atoms with van der Waals surface area (Å²) in [5.41, 5.74) is 0. The zero-order valence-electron chi connectivity index (χ0n) is 8.43. The minimum atomic E-state index is 0. The van der Waals surface area contributed by atoms with Crippen LogP contribution in [0.1, 0.15) is 0 Å². The molecule has 6 nitrogen and oxygen atoms in total. The van der Waals surface area contributed by atoms with Crippen LogP contribution in [0.4, 0.5) is 11.6 Å². The van der Waals surface area contributed by atoms with Crippen molar-refractivity contribution in [3.05, 3.63) is 24.5 Å². The molecule has 2 aromatic heterocycles. The predicted octanol–water partition coefficient (Wildman–Crippen LogP) is 1.50. The van der Waals surface area contributed by atoms with E-state index in [0.717, 1.165) is 24.7 Å². The van der Waals surface area contributed by atoms with E-state index in [4.69, 9.17) is 0 Å². The molecule has 4 N–H and O–H groups in total. The maximum absolute atomic E-state index is 3.83. The van der Waals surface area contributed by atoms with Gasteiger partial charge in [-0.2, -0.15) is 10.2 Å². The van der Waals surface area contributed by atoms with Crippen LogP contribution >= 0.6 is 24.8 Å². The Kier molecular flexibility index (Phi) is 7.15. The van der Waals surface area contributed by atoms with Crippen molar-refractivity contribution in [3.8, 4) is 0 Å². The summed E-state index contributed by atoms with van der Waals surface area (Å²) in [6.45, 7) is 1.64. The largest absolute Gasteiger partial charge is 0.369 e. The normalized spacial score (nSPS) is 8.75. The van der Waals surface area contributed by atoms with Crippen LogP contribution in [0.3, 0.4) is 0 Å². The topological polar surface area (TPSA) is 81.4 Å². The SMILES string of the molecule is Cl.Cl.c1cc(NCCNc2ccn[nH]2)[nH]n1. The second-order valence-electron chi connectivity index (χ2n) is 2.79. The number of aromatic amines is 2. The lowest BCUT2D eigenvalue weighted by molar-refractivity contribution is 1.01. The van der Waals surface area contributed by atoms with E-state index >= 15 is 0 Å². The maximum Gasteiger partial charge on any atom is 0.121 e. The Morgan fingerprint density at radius 2 is 1.31 bits per heavy atom. The van der Waals surface area contributed by atoms with Crippen molar-refractivity contribution in [2.45, 2.75) is 0 Å². The number of anilines is 2. The van der Waals surface area contributed by atoms with Crippen LogP contribution in [0.25, 0.3) is 0 Å². The molecule has 2 heterocycles. The molecule has 8 heteroatoms. The fourth-order valence-corrected chi connectivity index (χ4v) is 1.10. The molecule has 2 aromatic rings. The molecule has 0 aromatic carbocycles. The van der Waals surface area contributed by atoms with Crippen LogP contribution in [0.15, 0.2) is 24.5 Å². The smallest absolute Gasteiger partial charge is 0.121 e. The average Bonchev–Trinajstić information content (AvgIpc) is 2.86. The maximum atomic E-state index is 3.83. The highest BCUT2D eigenvalue weighted by molar-refractivity contribution is 5.85. The number of hydrogen-bond donors (Lipinski definition) is 4. The Morgan fingerprint density at radius 3 is 1.62 bits per heavy atom. The van der Waals surface area contributed by atoms with E-state index in [-0.39, 0.29) is 24.8 Å². The van der Waals surface area contributed by atoms with Gasteiger partial charge in [0.25, 0.3) is 0 Å². The van der Waals surface area contributed by atoms with E-state index in [1.54, 1.807) is 12.4 Å². The second-order valence-corrected chi connectivity index (χ2v) is 2.79. The molecule has 0 atom stereocenters. The summed E-state index contributed by atoms with van der Waals surface area (Å²) in [5.74, 6) is 1.85. The van der Waals surface area contributed by atoms with Gasteiger partial charge in [-0.1, -0.05) is 0 Å². The van der Waals surface area contributed by atoms with Gasteiger partial charge in [-0.3, -0.25) is 10.2 Å². The van der Waals surface area contributed by atoms with Gasteiger partial charge in [-0.15, -0.1) is 24.8 Å². The van der Waals surface area contributed by atoms with E-state index in [2.05, 4.69) is 31.0 Å². The molecule has 0 aliphatic heterocycles. The average molecular weight is 265 g/mol. The standard InChI is InChI=1S/C8H12N6.2ClH/c1-3-11-13-7(1)9-5-6-10-8-2-4-12-14-8;;/h1-4H,5-6H2,(H2,9,11,13)(H2,10,12,14);2*1H. The van der Waals surface area contributed by atoms with Crippen molar-refractivity contribution in [1.29, 1.82) is 0 Å². The van der Waals surface area contributed by atoms with Gasteiger partial charge >= 0.3 is 0 Å². The molecule has 0 bridgehead atoms. The van der Waals surface area contributed by atoms with E-state index in [9.17, 15) is 0 Å². The van der Waals surface area contributed by atoms with Crippen LogP contribution in [0, 0.1) is 0 Å². The summed E-state index contributed by atoms with van der Waals surface area (Å²) in [6, 6.07) is 3.77. The molecule has 2 rings (SSSR count). The number of halogens is 2. The third-order valence-corrected chi connectivity index (χ3v) is 1.76. The fourth-order valence-electron chi connectivity index (χ4n) is 1.10. The fraction of sp³-hybridized carbons (Fsp3) is 0.250. The minimum Gasteiger partial charge on any atom is -0.369 e. The highest BCUT2D eigenvalue weighted by Crippen LogP contribution is 1.99. The first-order valence-electron chi connectivity index (χ1n) is 4.41. The summed E-state index contributed by atoms with van der Waals surface area (Å²) < 4.78 is 0. The summed E-state index contributed by atoms with van der Waals surface area (Å²) in [4.78, 5) is 0. The number of hydrogen-bond acceptors (Lipinski definition) is 4. The third-order valence-electron chi connectivity index (χ3n) is 1.76. The number of nitrogens with one attached hydrogen (secondary N) is 4. The van der Waals surface area contributed by atoms with Gasteiger partial charge in [-0.05, 0) is 12.1 Å². The number of H-pyrrole nitrogens is 2. The van der Waals surface area contributed by atoms with Gasteiger partial charge < -0.3 is 10.6 Å². The number of nitrogens with zero attached hydrogens (tertiary/aromatic N) is 2. The molecule has 0 radical (unpaired) electrons. The van der Waals surface area contributed by atoms with Crippen LogP contribution in [0.2, 0.25) is 0 Å². The van der Waals surface area contributed by atoms with E-state index in [1.807, 2.05) is 12.1 Å². The monoisotopic (exact) mass is 264 g/mol. The van der Waals surface area contributed by atoms with Gasteiger partial charge in [-0.25, -0.2) is 0 Å². The van der Waals surface area contributed by atoms with Crippen molar-refractivity contribution >= 4 is 36.4 Å². The molecule has 0 saturated heterocycles. The van der Waals surface area contributed by atoms with Gasteiger partial charge in [0, 0.05) is 13.1 Å². The van der Waals surface area contributed by atoms with Crippen LogP contribution in [-0.2, 0) is 0 Å². The van der Waals surface area contributed by atoms with Crippen molar-refractivity contribution in [2.75, 3.05) is 23.7 Å². The summed E-state index contributed by atoms with van der Waals surface area (Å²) in [7, 11) is 0. The highest BCUT2D eigenvalue weighted by Gasteiger charge is 1.92. The predicted molar refractivity (Wildman–Crippen MR) is 68.7 cm³/mol. The molecular weight excluding hydrogens is 251 g/mol. The molecule has 16 heavy (non-hydrogen) atoms. The summed E-state index contributed by atoms with van der Waals surface area (Å²) in [5, 5.41) is 19.6. The van der Waals surface area contributed by atoms with Crippen molar-refractivity contribution in [2.24, 2.45) is 0 Å². The third kappa shape index (κ3) is 4.41. The second kappa shape index (κ2) is 7.84. The first-order chi connectivity index (χ1) is 6.95. The van der Waals surface area contributed by atoms with Crippen molar-refractivity contribution in [3.63, 3.8) is 0 Å². The van der Waals surface area contributed by atoms with Gasteiger partial charge in [0.05, 0.1) is 12.4 Å². The number of aromatic nitrogens is 4. The molecule has 0 saturated carbocycles. The van der Waals surface area contributed by atoms with Gasteiger partial charge in [0.2, 0.25) is 0 Å². The molecule has 0 fully saturated rings. The molecule has 0 aliphatic carbocycles. The molecular formula is C8H14Cl2N6. The molecule has 90 valence electrons. The summed E-state index contributed by atoms with van der Waals surface area (Å²) in [6.07, 6.45) is 3.43. The van der Waals surface area contributed by atoms with Crippen LogP contribution in [0.5, 0.6) is 0 Å². The summed E-state index contributed by atoms with van der Waals surface area (Å²) >= 11 is 0. The molecule has 0 aliphatic rings. The van der Waals surface area contributed by atoms with Crippen LogP contribution < -0.4 is 10.6 Å². The molecule has 0 amide bonds. The molecule has 0 unspecified atom stereocenters. The minimum absolute atomic E-state index is 0. The Balaban J connectivity index is 0.00000112. The van der Waals surface area contributed by atoms with E-state index in [1.165, 1.54) is 0 Å². The quantitative estimate of drug-likeness (QED) is 0.617.